The van der Waals surface area contributed by atoms with E-state index in [9.17, 15) is 0 Å². The van der Waals surface area contributed by atoms with Crippen molar-refractivity contribution in [1.82, 2.24) is 0 Å². The Morgan fingerprint density at radius 3 is 2.12 bits per heavy atom. The van der Waals surface area contributed by atoms with Gasteiger partial charge in [-0.2, -0.15) is 0 Å². The van der Waals surface area contributed by atoms with Gasteiger partial charge in [-0.25, -0.2) is 0 Å². The molecule has 0 saturated heterocycles. The Kier molecular flexibility index (Phi) is 2.98. The van der Waals surface area contributed by atoms with Crippen molar-refractivity contribution in [3.63, 3.8) is 0 Å². The third-order valence-corrected chi connectivity index (χ3v) is 5.13. The van der Waals surface area contributed by atoms with Crippen LogP contribution in [0, 0.1) is 6.92 Å². The van der Waals surface area contributed by atoms with Gasteiger partial charge in [0, 0.05) is 0 Å². The lowest BCUT2D eigenvalue weighted by Crippen LogP contribution is -1.89. The van der Waals surface area contributed by atoms with Crippen LogP contribution in [0.3, 0.4) is 0 Å². The number of hydrogen-bond acceptors (Lipinski definition) is 1. The predicted octanol–water partition coefficient (Wildman–Crippen LogP) is 6.57. The van der Waals surface area contributed by atoms with Gasteiger partial charge in [-0.15, -0.1) is 0 Å². The fraction of sp³-hybridized carbons (Fsp3) is 0.0833. The fourth-order valence-electron chi connectivity index (χ4n) is 4.01. The number of aryl methyl sites for hydroxylation is 1. The third-order valence-electron chi connectivity index (χ3n) is 5.13. The molecule has 0 aliphatic heterocycles. The van der Waals surface area contributed by atoms with Crippen LogP contribution in [0.4, 0.5) is 0 Å². The molecule has 0 radical (unpaired) electrons. The van der Waals surface area contributed by atoms with Crippen molar-refractivity contribution in [2.75, 3.05) is 7.11 Å². The van der Waals surface area contributed by atoms with E-state index in [2.05, 4.69) is 79.7 Å². The molecule has 5 aromatic rings. The van der Waals surface area contributed by atoms with Crippen LogP contribution in [0.15, 0.2) is 72.8 Å². The zero-order valence-electron chi connectivity index (χ0n) is 14.3. The van der Waals surface area contributed by atoms with Gasteiger partial charge in [0.2, 0.25) is 0 Å². The zero-order chi connectivity index (χ0) is 17.0. The molecule has 0 heterocycles. The van der Waals surface area contributed by atoms with Crippen LogP contribution in [0.5, 0.6) is 5.75 Å². The summed E-state index contributed by atoms with van der Waals surface area (Å²) in [6, 6.07) is 26.4. The monoisotopic (exact) mass is 322 g/mol. The highest BCUT2D eigenvalue weighted by molar-refractivity contribution is 6.25. The quantitative estimate of drug-likeness (QED) is 0.334. The number of benzene rings is 5. The van der Waals surface area contributed by atoms with E-state index in [1.807, 2.05) is 0 Å². The first-order valence-corrected chi connectivity index (χ1v) is 8.57. The number of ether oxygens (including phenoxy) is 1. The molecule has 5 rings (SSSR count). The number of methoxy groups -OCH3 is 1. The second-order valence-corrected chi connectivity index (χ2v) is 6.71. The van der Waals surface area contributed by atoms with Crippen LogP contribution >= 0.6 is 0 Å². The Morgan fingerprint density at radius 2 is 1.36 bits per heavy atom. The summed E-state index contributed by atoms with van der Waals surface area (Å²) in [4.78, 5) is 0. The molecule has 0 aliphatic rings. The summed E-state index contributed by atoms with van der Waals surface area (Å²) in [5.74, 6) is 0.903. The molecule has 0 fully saturated rings. The largest absolute Gasteiger partial charge is 0.497 e. The van der Waals surface area contributed by atoms with Crippen LogP contribution < -0.4 is 4.74 Å². The van der Waals surface area contributed by atoms with Gasteiger partial charge < -0.3 is 4.74 Å². The highest BCUT2D eigenvalue weighted by atomic mass is 16.5. The lowest BCUT2D eigenvalue weighted by atomic mass is 9.89. The molecular formula is C24H18O. The molecule has 120 valence electrons. The molecule has 0 saturated carbocycles. The first-order chi connectivity index (χ1) is 12.2. The molecule has 25 heavy (non-hydrogen) atoms. The predicted molar refractivity (Wildman–Crippen MR) is 107 cm³/mol. The molecule has 0 amide bonds. The summed E-state index contributed by atoms with van der Waals surface area (Å²) < 4.78 is 5.48. The minimum absolute atomic E-state index is 0.903. The Morgan fingerprint density at radius 1 is 0.680 bits per heavy atom. The van der Waals surface area contributed by atoms with E-state index in [4.69, 9.17) is 4.74 Å². The highest BCUT2D eigenvalue weighted by Gasteiger charge is 2.12. The van der Waals surface area contributed by atoms with E-state index in [0.29, 0.717) is 0 Å². The summed E-state index contributed by atoms with van der Waals surface area (Å²) in [6.07, 6.45) is 0. The van der Waals surface area contributed by atoms with Crippen LogP contribution in [-0.2, 0) is 0 Å². The molecule has 0 bridgehead atoms. The molecule has 0 atom stereocenters. The number of hydrogen-bond donors (Lipinski definition) is 0. The van der Waals surface area contributed by atoms with Crippen LogP contribution in [0.2, 0.25) is 0 Å². The van der Waals surface area contributed by atoms with Gasteiger partial charge in [-0.05, 0) is 68.1 Å². The van der Waals surface area contributed by atoms with Crippen molar-refractivity contribution in [3.05, 3.63) is 78.4 Å². The van der Waals surface area contributed by atoms with Gasteiger partial charge in [0.05, 0.1) is 7.11 Å². The first kappa shape index (κ1) is 14.3. The zero-order valence-corrected chi connectivity index (χ0v) is 14.3. The third kappa shape index (κ3) is 2.09. The normalized spacial score (nSPS) is 11.6. The van der Waals surface area contributed by atoms with Crippen LogP contribution in [-0.4, -0.2) is 7.11 Å². The molecule has 1 heteroatoms. The average molecular weight is 322 g/mol. The van der Waals surface area contributed by atoms with E-state index in [0.717, 1.165) is 5.75 Å². The molecule has 0 aliphatic carbocycles. The van der Waals surface area contributed by atoms with Crippen molar-refractivity contribution < 1.29 is 4.74 Å². The minimum Gasteiger partial charge on any atom is -0.497 e. The summed E-state index contributed by atoms with van der Waals surface area (Å²) >= 11 is 0. The van der Waals surface area contributed by atoms with E-state index in [1.165, 1.54) is 49.0 Å². The lowest BCUT2D eigenvalue weighted by molar-refractivity contribution is 0.414. The standard InChI is InChI=1S/C24H18O/c1-15-12-19(14-20(13-15)25-2)21-10-8-18-7-6-16-4-3-5-17-9-11-22(21)24(18)23(16)17/h3-14H,1-2H3. The maximum Gasteiger partial charge on any atom is 0.119 e. The van der Waals surface area contributed by atoms with Crippen molar-refractivity contribution in [2.45, 2.75) is 6.92 Å². The molecule has 5 aromatic carbocycles. The Hall–Kier alpha value is -3.06. The van der Waals surface area contributed by atoms with Gasteiger partial charge in [-0.1, -0.05) is 60.7 Å². The van der Waals surface area contributed by atoms with Gasteiger partial charge in [0.1, 0.15) is 5.75 Å². The first-order valence-electron chi connectivity index (χ1n) is 8.57. The van der Waals surface area contributed by atoms with Gasteiger partial charge in [-0.3, -0.25) is 0 Å². The molecule has 1 nitrogen and oxygen atoms in total. The maximum atomic E-state index is 5.48. The van der Waals surface area contributed by atoms with Crippen LogP contribution in [0.1, 0.15) is 5.56 Å². The van der Waals surface area contributed by atoms with E-state index < -0.39 is 0 Å². The Labute approximate surface area is 146 Å². The highest BCUT2D eigenvalue weighted by Crippen LogP contribution is 2.39. The van der Waals surface area contributed by atoms with E-state index in [1.54, 1.807) is 7.11 Å². The van der Waals surface area contributed by atoms with Gasteiger partial charge in [0.25, 0.3) is 0 Å². The smallest absolute Gasteiger partial charge is 0.119 e. The second kappa shape index (κ2) is 5.22. The fourth-order valence-corrected chi connectivity index (χ4v) is 4.01. The Balaban J connectivity index is 1.93. The Bertz CT molecular complexity index is 1220. The molecular weight excluding hydrogens is 304 g/mol. The number of rotatable bonds is 2. The lowest BCUT2D eigenvalue weighted by Gasteiger charge is -2.15. The van der Waals surface area contributed by atoms with E-state index >= 15 is 0 Å². The topological polar surface area (TPSA) is 9.23 Å². The maximum absolute atomic E-state index is 5.48. The summed E-state index contributed by atoms with van der Waals surface area (Å²) in [5, 5.41) is 7.91. The molecule has 0 unspecified atom stereocenters. The SMILES string of the molecule is COc1cc(C)cc(-c2ccc3ccc4cccc5ccc2c3c45)c1. The van der Waals surface area contributed by atoms with Crippen molar-refractivity contribution in [2.24, 2.45) is 0 Å². The van der Waals surface area contributed by atoms with Gasteiger partial charge in [0.15, 0.2) is 0 Å². The average Bonchev–Trinajstić information content (AvgIpc) is 2.65. The van der Waals surface area contributed by atoms with Crippen molar-refractivity contribution >= 4 is 32.3 Å². The molecule has 0 N–H and O–H groups in total. The second-order valence-electron chi connectivity index (χ2n) is 6.71. The summed E-state index contributed by atoms with van der Waals surface area (Å²) in [7, 11) is 1.72. The van der Waals surface area contributed by atoms with Gasteiger partial charge >= 0.3 is 0 Å². The molecule has 0 aromatic heterocycles. The summed E-state index contributed by atoms with van der Waals surface area (Å²) in [5.41, 5.74) is 3.67. The van der Waals surface area contributed by atoms with Crippen molar-refractivity contribution in [3.8, 4) is 16.9 Å². The van der Waals surface area contributed by atoms with Crippen molar-refractivity contribution in [1.29, 1.82) is 0 Å². The van der Waals surface area contributed by atoms with Crippen LogP contribution in [0.25, 0.3) is 43.4 Å². The van der Waals surface area contributed by atoms with E-state index in [-0.39, 0.29) is 0 Å². The summed E-state index contributed by atoms with van der Waals surface area (Å²) in [6.45, 7) is 2.11. The molecule has 0 spiro atoms. The minimum atomic E-state index is 0.903.